The number of nitrogens with zero attached hydrogens (tertiary/aromatic N) is 3. The van der Waals surface area contributed by atoms with Gasteiger partial charge in [0.15, 0.2) is 0 Å². The van der Waals surface area contributed by atoms with Crippen molar-refractivity contribution in [3.05, 3.63) is 53.5 Å². The fourth-order valence-electron chi connectivity index (χ4n) is 1.38. The number of nitrogen functional groups attached to an aromatic ring is 1. The lowest BCUT2D eigenvalue weighted by atomic mass is 10.1. The molecule has 2 N–H and O–H groups in total. The lowest BCUT2D eigenvalue weighted by molar-refractivity contribution is 0.970. The number of nitriles is 1. The van der Waals surface area contributed by atoms with Crippen LogP contribution in [0.1, 0.15) is 17.0 Å². The Morgan fingerprint density at radius 3 is 2.62 bits per heavy atom. The Hall–Kier alpha value is -2.41. The van der Waals surface area contributed by atoms with Crippen LogP contribution in [0, 0.1) is 11.3 Å². The van der Waals surface area contributed by atoms with Crippen LogP contribution in [0.2, 0.25) is 0 Å². The van der Waals surface area contributed by atoms with Crippen LogP contribution in [-0.4, -0.2) is 9.97 Å². The molecule has 0 spiro atoms. The molecule has 0 atom stereocenters. The molecule has 0 aliphatic carbocycles. The Morgan fingerprint density at radius 1 is 1.25 bits per heavy atom. The molecule has 0 bridgehead atoms. The van der Waals surface area contributed by atoms with Crippen LogP contribution in [0.3, 0.4) is 0 Å². The van der Waals surface area contributed by atoms with Crippen LogP contribution in [0.25, 0.3) is 0 Å². The van der Waals surface area contributed by atoms with Crippen molar-refractivity contribution in [3.63, 3.8) is 0 Å². The predicted molar refractivity (Wildman–Crippen MR) is 60.4 cm³/mol. The molecule has 1 heterocycles. The quantitative estimate of drug-likeness (QED) is 0.815. The van der Waals surface area contributed by atoms with Crippen molar-refractivity contribution in [3.8, 4) is 6.07 Å². The zero-order valence-electron chi connectivity index (χ0n) is 8.59. The number of anilines is 1. The van der Waals surface area contributed by atoms with Gasteiger partial charge in [-0.25, -0.2) is 9.97 Å². The van der Waals surface area contributed by atoms with Gasteiger partial charge < -0.3 is 5.73 Å². The highest BCUT2D eigenvalue weighted by Crippen LogP contribution is 2.09. The summed E-state index contributed by atoms with van der Waals surface area (Å²) in [6.45, 7) is 0. The zero-order chi connectivity index (χ0) is 11.4. The Bertz CT molecular complexity index is 528. The van der Waals surface area contributed by atoms with E-state index in [-0.39, 0.29) is 5.82 Å². The molecule has 2 rings (SSSR count). The van der Waals surface area contributed by atoms with Gasteiger partial charge in [0.2, 0.25) is 0 Å². The van der Waals surface area contributed by atoms with Crippen LogP contribution < -0.4 is 5.73 Å². The molecule has 0 aliphatic rings. The maximum absolute atomic E-state index is 8.69. The highest BCUT2D eigenvalue weighted by molar-refractivity contribution is 5.46. The van der Waals surface area contributed by atoms with Crippen LogP contribution in [0.4, 0.5) is 5.82 Å². The smallest absolute Gasteiger partial charge is 0.145 e. The molecule has 0 aliphatic heterocycles. The van der Waals surface area contributed by atoms with Gasteiger partial charge in [-0.1, -0.05) is 30.3 Å². The molecular weight excluding hydrogens is 200 g/mol. The third-order valence-electron chi connectivity index (χ3n) is 2.19. The lowest BCUT2D eigenvalue weighted by Gasteiger charge is -2.02. The van der Waals surface area contributed by atoms with Crippen LogP contribution in [0.5, 0.6) is 0 Å². The van der Waals surface area contributed by atoms with Crippen molar-refractivity contribution in [2.75, 3.05) is 5.73 Å². The average Bonchev–Trinajstić information content (AvgIpc) is 2.31. The molecule has 1 aromatic carbocycles. The largest absolute Gasteiger partial charge is 0.382 e. The van der Waals surface area contributed by atoms with Gasteiger partial charge in [-0.2, -0.15) is 5.26 Å². The number of benzene rings is 1. The highest BCUT2D eigenvalue weighted by atomic mass is 14.9. The maximum Gasteiger partial charge on any atom is 0.145 e. The second kappa shape index (κ2) is 4.41. The molecule has 0 saturated carbocycles. The Balaban J connectivity index is 2.24. The predicted octanol–water partition coefficient (Wildman–Crippen LogP) is 1.52. The summed E-state index contributed by atoms with van der Waals surface area (Å²) in [5, 5.41) is 8.69. The minimum Gasteiger partial charge on any atom is -0.382 e. The summed E-state index contributed by atoms with van der Waals surface area (Å²) in [4.78, 5) is 8.18. The minimum absolute atomic E-state index is 0.239. The maximum atomic E-state index is 8.69. The molecule has 4 nitrogen and oxygen atoms in total. The first-order chi connectivity index (χ1) is 7.79. The summed E-state index contributed by atoms with van der Waals surface area (Å²) in [7, 11) is 0. The first-order valence-electron chi connectivity index (χ1n) is 4.85. The molecule has 0 saturated heterocycles. The molecule has 0 amide bonds. The van der Waals surface area contributed by atoms with E-state index >= 15 is 0 Å². The zero-order valence-corrected chi connectivity index (χ0v) is 8.59. The van der Waals surface area contributed by atoms with Crippen molar-refractivity contribution in [1.82, 2.24) is 9.97 Å². The first-order valence-corrected chi connectivity index (χ1v) is 4.85. The number of aromatic nitrogens is 2. The SMILES string of the molecule is N#Cc1cnc(Cc2ccccc2)nc1N. The Morgan fingerprint density at radius 2 is 2.00 bits per heavy atom. The highest BCUT2D eigenvalue weighted by Gasteiger charge is 2.03. The van der Waals surface area contributed by atoms with Gasteiger partial charge in [0, 0.05) is 6.42 Å². The van der Waals surface area contributed by atoms with E-state index < -0.39 is 0 Å². The molecule has 1 aromatic heterocycles. The van der Waals surface area contributed by atoms with Gasteiger partial charge in [0.1, 0.15) is 23.3 Å². The Labute approximate surface area is 93.4 Å². The van der Waals surface area contributed by atoms with Gasteiger partial charge >= 0.3 is 0 Å². The van der Waals surface area contributed by atoms with E-state index in [2.05, 4.69) is 9.97 Å². The Kier molecular flexibility index (Phi) is 2.79. The molecule has 0 unspecified atom stereocenters. The van der Waals surface area contributed by atoms with E-state index in [1.807, 2.05) is 36.4 Å². The van der Waals surface area contributed by atoms with E-state index in [4.69, 9.17) is 11.0 Å². The summed E-state index contributed by atoms with van der Waals surface area (Å²) in [5.41, 5.74) is 7.05. The van der Waals surface area contributed by atoms with E-state index in [1.54, 1.807) is 0 Å². The van der Waals surface area contributed by atoms with E-state index in [9.17, 15) is 0 Å². The third kappa shape index (κ3) is 2.15. The molecule has 78 valence electrons. The normalized spacial score (nSPS) is 9.69. The third-order valence-corrected chi connectivity index (χ3v) is 2.19. The van der Waals surface area contributed by atoms with Crippen molar-refractivity contribution in [1.29, 1.82) is 5.26 Å². The van der Waals surface area contributed by atoms with Gasteiger partial charge in [-0.15, -0.1) is 0 Å². The number of hydrogen-bond acceptors (Lipinski definition) is 4. The lowest BCUT2D eigenvalue weighted by Crippen LogP contribution is -2.02. The number of rotatable bonds is 2. The van der Waals surface area contributed by atoms with Gasteiger partial charge in [0.25, 0.3) is 0 Å². The summed E-state index contributed by atoms with van der Waals surface area (Å²) >= 11 is 0. The van der Waals surface area contributed by atoms with Crippen LogP contribution >= 0.6 is 0 Å². The second-order valence-electron chi connectivity index (χ2n) is 3.36. The fraction of sp³-hybridized carbons (Fsp3) is 0.0833. The van der Waals surface area contributed by atoms with Gasteiger partial charge in [0.05, 0.1) is 6.20 Å². The molecule has 0 radical (unpaired) electrons. The second-order valence-corrected chi connectivity index (χ2v) is 3.36. The van der Waals surface area contributed by atoms with E-state index in [1.165, 1.54) is 6.20 Å². The fourth-order valence-corrected chi connectivity index (χ4v) is 1.38. The summed E-state index contributed by atoms with van der Waals surface area (Å²) in [6.07, 6.45) is 2.08. The van der Waals surface area contributed by atoms with Crippen molar-refractivity contribution in [2.45, 2.75) is 6.42 Å². The monoisotopic (exact) mass is 210 g/mol. The molecule has 4 heteroatoms. The molecule has 0 fully saturated rings. The summed E-state index contributed by atoms with van der Waals surface area (Å²) < 4.78 is 0. The summed E-state index contributed by atoms with van der Waals surface area (Å²) in [5.74, 6) is 0.867. The summed E-state index contributed by atoms with van der Waals surface area (Å²) in [6, 6.07) is 11.8. The van der Waals surface area contributed by atoms with Crippen LogP contribution in [0.15, 0.2) is 36.5 Å². The van der Waals surface area contributed by atoms with Gasteiger partial charge in [-0.05, 0) is 5.56 Å². The van der Waals surface area contributed by atoms with Crippen molar-refractivity contribution >= 4 is 5.82 Å². The standard InChI is InChI=1S/C12H10N4/c13-7-10-8-15-11(16-12(10)14)6-9-4-2-1-3-5-9/h1-5,8H,6H2,(H2,14,15,16). The first kappa shape index (κ1) is 10.1. The topological polar surface area (TPSA) is 75.6 Å². The molecule has 2 aromatic rings. The molecular formula is C12H10N4. The van der Waals surface area contributed by atoms with E-state index in [0.717, 1.165) is 5.56 Å². The van der Waals surface area contributed by atoms with Gasteiger partial charge in [-0.3, -0.25) is 0 Å². The van der Waals surface area contributed by atoms with Crippen molar-refractivity contribution in [2.24, 2.45) is 0 Å². The van der Waals surface area contributed by atoms with Crippen molar-refractivity contribution < 1.29 is 0 Å². The molecule has 16 heavy (non-hydrogen) atoms. The van der Waals surface area contributed by atoms with E-state index in [0.29, 0.717) is 17.8 Å². The van der Waals surface area contributed by atoms with Crippen LogP contribution in [-0.2, 0) is 6.42 Å². The number of hydrogen-bond donors (Lipinski definition) is 1. The minimum atomic E-state index is 0.239. The average molecular weight is 210 g/mol. The number of nitrogens with two attached hydrogens (primary N) is 1.